The van der Waals surface area contributed by atoms with Crippen molar-refractivity contribution >= 4 is 17.5 Å². The van der Waals surface area contributed by atoms with Crippen molar-refractivity contribution in [1.82, 2.24) is 19.8 Å². The fourth-order valence-corrected chi connectivity index (χ4v) is 3.81. The van der Waals surface area contributed by atoms with E-state index in [2.05, 4.69) is 18.7 Å². The molecule has 0 N–H and O–H groups in total. The zero-order valence-corrected chi connectivity index (χ0v) is 19.5. The van der Waals surface area contributed by atoms with E-state index in [1.54, 1.807) is 31.1 Å². The lowest BCUT2D eigenvalue weighted by Gasteiger charge is -2.37. The van der Waals surface area contributed by atoms with Crippen molar-refractivity contribution in [3.05, 3.63) is 57.0 Å². The van der Waals surface area contributed by atoms with Crippen LogP contribution in [0.25, 0.3) is 0 Å². The van der Waals surface area contributed by atoms with Gasteiger partial charge >= 0.3 is 6.03 Å². The molecule has 0 unspecified atom stereocenters. The monoisotopic (exact) mass is 440 g/mol. The summed E-state index contributed by atoms with van der Waals surface area (Å²) in [7, 11) is 3.53. The number of carbonyl (C=O) groups excluding carboxylic acids is 1. The normalized spacial score (nSPS) is 14.9. The molecular formula is C23H32N6O3. The number of aryl methyl sites for hydroxylation is 1. The molecule has 1 aromatic heterocycles. The van der Waals surface area contributed by atoms with E-state index in [9.17, 15) is 14.9 Å². The lowest BCUT2D eigenvalue weighted by molar-refractivity contribution is -0.384. The number of nitrogens with zero attached hydrogens (tertiary/aromatic N) is 6. The lowest BCUT2D eigenvalue weighted by Crippen LogP contribution is -2.52. The highest BCUT2D eigenvalue weighted by molar-refractivity contribution is 5.74. The molecule has 2 amide bonds. The first-order valence-corrected chi connectivity index (χ1v) is 11.0. The molecule has 0 radical (unpaired) electrons. The van der Waals surface area contributed by atoms with Gasteiger partial charge in [-0.1, -0.05) is 26.0 Å². The molecule has 172 valence electrons. The number of urea groups is 1. The first kappa shape index (κ1) is 23.4. The SMILES string of the molecule is CC[C@@H](C)c1nc(C)c(Cc2ccc([N+](=O)[O-])cc2)c(N2CCN(C(=O)N(C)C)CC2)n1. The second-order valence-corrected chi connectivity index (χ2v) is 8.53. The number of benzene rings is 1. The molecule has 0 saturated carbocycles. The molecular weight excluding hydrogens is 408 g/mol. The van der Waals surface area contributed by atoms with Crippen molar-refractivity contribution in [2.45, 2.75) is 39.5 Å². The molecule has 2 aromatic rings. The number of piperazine rings is 1. The molecule has 32 heavy (non-hydrogen) atoms. The van der Waals surface area contributed by atoms with Gasteiger partial charge in [-0.05, 0) is 18.9 Å². The Kier molecular flexibility index (Phi) is 7.27. The molecule has 3 rings (SSSR count). The van der Waals surface area contributed by atoms with Crippen LogP contribution in [-0.2, 0) is 6.42 Å². The highest BCUT2D eigenvalue weighted by atomic mass is 16.6. The van der Waals surface area contributed by atoms with E-state index < -0.39 is 0 Å². The number of hydrogen-bond donors (Lipinski definition) is 0. The van der Waals surface area contributed by atoms with Crippen LogP contribution in [0.1, 0.15) is 48.8 Å². The highest BCUT2D eigenvalue weighted by Crippen LogP contribution is 2.28. The van der Waals surface area contributed by atoms with Crippen LogP contribution in [0.4, 0.5) is 16.3 Å². The largest absolute Gasteiger partial charge is 0.353 e. The van der Waals surface area contributed by atoms with E-state index in [0.717, 1.165) is 34.9 Å². The number of non-ortho nitro benzene ring substituents is 1. The van der Waals surface area contributed by atoms with E-state index in [1.807, 2.05) is 11.8 Å². The Morgan fingerprint density at radius 1 is 1.16 bits per heavy atom. The van der Waals surface area contributed by atoms with Crippen LogP contribution >= 0.6 is 0 Å². The summed E-state index contributed by atoms with van der Waals surface area (Å²) in [6, 6.07) is 6.67. The van der Waals surface area contributed by atoms with Gasteiger partial charge < -0.3 is 14.7 Å². The van der Waals surface area contributed by atoms with Crippen molar-refractivity contribution in [3.63, 3.8) is 0 Å². The Morgan fingerprint density at radius 3 is 2.31 bits per heavy atom. The van der Waals surface area contributed by atoms with Gasteiger partial charge in [0.05, 0.1) is 4.92 Å². The summed E-state index contributed by atoms with van der Waals surface area (Å²) < 4.78 is 0. The average Bonchev–Trinajstić information content (AvgIpc) is 2.79. The predicted octanol–water partition coefficient (Wildman–Crippen LogP) is 3.60. The fourth-order valence-electron chi connectivity index (χ4n) is 3.81. The number of amides is 2. The number of hydrogen-bond acceptors (Lipinski definition) is 6. The minimum absolute atomic E-state index is 0.0231. The number of rotatable bonds is 6. The van der Waals surface area contributed by atoms with Crippen LogP contribution in [0.5, 0.6) is 0 Å². The molecule has 2 heterocycles. The van der Waals surface area contributed by atoms with Crippen molar-refractivity contribution in [2.75, 3.05) is 45.2 Å². The minimum atomic E-state index is -0.390. The summed E-state index contributed by atoms with van der Waals surface area (Å²) in [5.41, 5.74) is 3.01. The molecule has 1 aromatic carbocycles. The second-order valence-electron chi connectivity index (χ2n) is 8.53. The Morgan fingerprint density at radius 2 is 1.78 bits per heavy atom. The number of aromatic nitrogens is 2. The summed E-state index contributed by atoms with van der Waals surface area (Å²) >= 11 is 0. The molecule has 0 aliphatic carbocycles. The molecule has 1 atom stereocenters. The van der Waals surface area contributed by atoms with Crippen LogP contribution in [0, 0.1) is 17.0 Å². The summed E-state index contributed by atoms with van der Waals surface area (Å²) in [6.45, 7) is 8.92. The van der Waals surface area contributed by atoms with Gasteiger partial charge in [0.25, 0.3) is 5.69 Å². The Bertz CT molecular complexity index is 968. The Labute approximate surface area is 189 Å². The lowest BCUT2D eigenvalue weighted by atomic mass is 10.0. The first-order chi connectivity index (χ1) is 15.2. The van der Waals surface area contributed by atoms with Gasteiger partial charge in [0, 0.05) is 76.0 Å². The quantitative estimate of drug-likeness (QED) is 0.503. The molecule has 9 heteroatoms. The molecule has 1 aliphatic heterocycles. The number of carbonyl (C=O) groups is 1. The maximum atomic E-state index is 12.3. The maximum absolute atomic E-state index is 12.3. The summed E-state index contributed by atoms with van der Waals surface area (Å²) in [5.74, 6) is 1.99. The van der Waals surface area contributed by atoms with Gasteiger partial charge in [-0.2, -0.15) is 0 Å². The van der Waals surface area contributed by atoms with Crippen molar-refractivity contribution in [3.8, 4) is 0 Å². The van der Waals surface area contributed by atoms with E-state index in [0.29, 0.717) is 32.6 Å². The molecule has 1 fully saturated rings. The average molecular weight is 441 g/mol. The van der Waals surface area contributed by atoms with Gasteiger partial charge in [-0.15, -0.1) is 0 Å². The summed E-state index contributed by atoms with van der Waals surface area (Å²) in [6.07, 6.45) is 1.54. The standard InChI is InChI=1S/C23H32N6O3/c1-6-16(2)21-24-17(3)20(15-18-7-9-19(10-8-18)29(31)32)22(25-21)27-11-13-28(14-12-27)23(30)26(4)5/h7-10,16H,6,11-15H2,1-5H3/t16-/m1/s1. The molecule has 1 aliphatic rings. The van der Waals surface area contributed by atoms with E-state index in [-0.39, 0.29) is 22.6 Å². The Hall–Kier alpha value is -3.23. The third-order valence-electron chi connectivity index (χ3n) is 6.02. The van der Waals surface area contributed by atoms with Crippen molar-refractivity contribution in [2.24, 2.45) is 0 Å². The van der Waals surface area contributed by atoms with Crippen LogP contribution in [0.15, 0.2) is 24.3 Å². The number of nitro groups is 1. The fraction of sp³-hybridized carbons (Fsp3) is 0.522. The van der Waals surface area contributed by atoms with Gasteiger partial charge in [-0.3, -0.25) is 10.1 Å². The van der Waals surface area contributed by atoms with Gasteiger partial charge in [-0.25, -0.2) is 14.8 Å². The smallest absolute Gasteiger partial charge is 0.319 e. The topological polar surface area (TPSA) is 95.7 Å². The van der Waals surface area contributed by atoms with E-state index in [1.165, 1.54) is 12.1 Å². The zero-order chi connectivity index (χ0) is 23.4. The summed E-state index contributed by atoms with van der Waals surface area (Å²) in [5, 5.41) is 11.0. The number of anilines is 1. The predicted molar refractivity (Wildman–Crippen MR) is 124 cm³/mol. The van der Waals surface area contributed by atoms with Crippen LogP contribution < -0.4 is 4.90 Å². The molecule has 0 spiro atoms. The van der Waals surface area contributed by atoms with Gasteiger partial charge in [0.2, 0.25) is 0 Å². The summed E-state index contributed by atoms with van der Waals surface area (Å²) in [4.78, 5) is 38.4. The minimum Gasteiger partial charge on any atom is -0.353 e. The highest BCUT2D eigenvalue weighted by Gasteiger charge is 2.26. The maximum Gasteiger partial charge on any atom is 0.319 e. The first-order valence-electron chi connectivity index (χ1n) is 11.0. The molecule has 0 bridgehead atoms. The van der Waals surface area contributed by atoms with Crippen molar-refractivity contribution < 1.29 is 9.72 Å². The van der Waals surface area contributed by atoms with Crippen LogP contribution in [0.2, 0.25) is 0 Å². The van der Waals surface area contributed by atoms with Crippen molar-refractivity contribution in [1.29, 1.82) is 0 Å². The molecule has 1 saturated heterocycles. The van der Waals surface area contributed by atoms with E-state index in [4.69, 9.17) is 9.97 Å². The van der Waals surface area contributed by atoms with E-state index >= 15 is 0 Å². The zero-order valence-electron chi connectivity index (χ0n) is 19.5. The van der Waals surface area contributed by atoms with Gasteiger partial charge in [0.15, 0.2) is 0 Å². The number of nitro benzene ring substituents is 1. The Balaban J connectivity index is 1.91. The third kappa shape index (κ3) is 5.15. The third-order valence-corrected chi connectivity index (χ3v) is 6.02. The molecule has 9 nitrogen and oxygen atoms in total. The van der Waals surface area contributed by atoms with Crippen LogP contribution in [0.3, 0.4) is 0 Å². The van der Waals surface area contributed by atoms with Crippen LogP contribution in [-0.4, -0.2) is 71.0 Å². The second kappa shape index (κ2) is 9.93. The van der Waals surface area contributed by atoms with Gasteiger partial charge in [0.1, 0.15) is 11.6 Å².